The van der Waals surface area contributed by atoms with Crippen molar-refractivity contribution in [2.75, 3.05) is 6.54 Å². The van der Waals surface area contributed by atoms with Gasteiger partial charge in [0, 0.05) is 12.1 Å². The molecule has 0 aliphatic carbocycles. The quantitative estimate of drug-likeness (QED) is 0.604. The van der Waals surface area contributed by atoms with Gasteiger partial charge in [0.2, 0.25) is 0 Å². The zero-order chi connectivity index (χ0) is 12.7. The summed E-state index contributed by atoms with van der Waals surface area (Å²) in [5.74, 6) is -1.18. The van der Waals surface area contributed by atoms with Gasteiger partial charge in [-0.05, 0) is 37.6 Å². The molecule has 0 spiro atoms. The number of allylic oxidation sites excluding steroid dienone is 1. The zero-order valence-electron chi connectivity index (χ0n) is 9.64. The molecule has 4 heteroatoms. The van der Waals surface area contributed by atoms with Crippen LogP contribution >= 0.6 is 0 Å². The summed E-state index contributed by atoms with van der Waals surface area (Å²) in [7, 11) is 0. The smallest absolute Gasteiger partial charge is 0.335 e. The highest BCUT2D eigenvalue weighted by Crippen LogP contribution is 2.04. The molecule has 4 nitrogen and oxygen atoms in total. The van der Waals surface area contributed by atoms with Crippen molar-refractivity contribution in [2.45, 2.75) is 13.3 Å². The molecule has 1 aromatic carbocycles. The predicted octanol–water partition coefficient (Wildman–Crippen LogP) is 2.08. The van der Waals surface area contributed by atoms with Crippen molar-refractivity contribution in [2.24, 2.45) is 0 Å². The van der Waals surface area contributed by atoms with Crippen molar-refractivity contribution in [3.63, 3.8) is 0 Å². The first kappa shape index (κ1) is 13.0. The molecule has 17 heavy (non-hydrogen) atoms. The molecule has 0 unspecified atom stereocenters. The van der Waals surface area contributed by atoms with Crippen molar-refractivity contribution >= 4 is 11.9 Å². The first-order chi connectivity index (χ1) is 8.15. The third kappa shape index (κ3) is 4.10. The van der Waals surface area contributed by atoms with Crippen LogP contribution in [0, 0.1) is 0 Å². The minimum absolute atomic E-state index is 0.176. The molecule has 90 valence electrons. The van der Waals surface area contributed by atoms with E-state index >= 15 is 0 Å². The van der Waals surface area contributed by atoms with Gasteiger partial charge in [-0.15, -0.1) is 0 Å². The number of carbonyl (C=O) groups is 2. The van der Waals surface area contributed by atoms with E-state index in [-0.39, 0.29) is 11.5 Å². The monoisotopic (exact) mass is 233 g/mol. The number of benzene rings is 1. The third-order valence-corrected chi connectivity index (χ3v) is 2.23. The number of carboxylic acids is 1. The number of rotatable bonds is 5. The minimum atomic E-state index is -0.995. The molecule has 0 atom stereocenters. The average molecular weight is 233 g/mol. The Morgan fingerprint density at radius 3 is 2.35 bits per heavy atom. The maximum Gasteiger partial charge on any atom is 0.335 e. The van der Waals surface area contributed by atoms with Gasteiger partial charge < -0.3 is 10.4 Å². The van der Waals surface area contributed by atoms with Gasteiger partial charge in [-0.25, -0.2) is 4.79 Å². The van der Waals surface area contributed by atoms with E-state index in [0.717, 1.165) is 6.42 Å². The van der Waals surface area contributed by atoms with Gasteiger partial charge in [0.25, 0.3) is 5.91 Å². The largest absolute Gasteiger partial charge is 0.478 e. The van der Waals surface area contributed by atoms with E-state index in [4.69, 9.17) is 5.11 Å². The number of aromatic carboxylic acids is 1. The Kier molecular flexibility index (Phi) is 4.94. The van der Waals surface area contributed by atoms with Crippen LogP contribution in [0.4, 0.5) is 0 Å². The zero-order valence-corrected chi connectivity index (χ0v) is 9.64. The molecule has 0 aliphatic rings. The minimum Gasteiger partial charge on any atom is -0.478 e. The first-order valence-electron chi connectivity index (χ1n) is 5.38. The summed E-state index contributed by atoms with van der Waals surface area (Å²) in [6.07, 6.45) is 4.68. The maximum absolute atomic E-state index is 11.6. The van der Waals surface area contributed by atoms with Gasteiger partial charge in [0.1, 0.15) is 0 Å². The topological polar surface area (TPSA) is 66.4 Å². The number of carboxylic acid groups (broad SMARTS) is 1. The van der Waals surface area contributed by atoms with Gasteiger partial charge in [0.05, 0.1) is 5.56 Å². The van der Waals surface area contributed by atoms with Crippen LogP contribution in [-0.4, -0.2) is 23.5 Å². The molecule has 0 radical (unpaired) electrons. The van der Waals surface area contributed by atoms with Gasteiger partial charge in [0.15, 0.2) is 0 Å². The van der Waals surface area contributed by atoms with E-state index in [1.165, 1.54) is 24.3 Å². The van der Waals surface area contributed by atoms with E-state index in [0.29, 0.717) is 12.1 Å². The van der Waals surface area contributed by atoms with Gasteiger partial charge in [-0.2, -0.15) is 0 Å². The molecule has 0 aliphatic heterocycles. The standard InChI is InChI=1S/C13H15NO3/c1-2-3-4-9-14-12(15)10-5-7-11(8-6-10)13(16)17/h2-3,5-8H,4,9H2,1H3,(H,14,15)(H,16,17)/b3-2+. The van der Waals surface area contributed by atoms with Crippen molar-refractivity contribution in [3.05, 3.63) is 47.5 Å². The molecule has 2 N–H and O–H groups in total. The molecule has 0 saturated carbocycles. The lowest BCUT2D eigenvalue weighted by Gasteiger charge is -2.03. The lowest BCUT2D eigenvalue weighted by molar-refractivity contribution is 0.0696. The summed E-state index contributed by atoms with van der Waals surface area (Å²) in [4.78, 5) is 22.2. The van der Waals surface area contributed by atoms with E-state index < -0.39 is 5.97 Å². The molecule has 1 aromatic rings. The number of nitrogens with one attached hydrogen (secondary N) is 1. The molecular formula is C13H15NO3. The lowest BCUT2D eigenvalue weighted by Crippen LogP contribution is -2.24. The summed E-state index contributed by atoms with van der Waals surface area (Å²) in [5, 5.41) is 11.5. The van der Waals surface area contributed by atoms with E-state index in [1.54, 1.807) is 0 Å². The Bertz CT molecular complexity index is 421. The molecule has 0 fully saturated rings. The second kappa shape index (κ2) is 6.48. The van der Waals surface area contributed by atoms with Crippen molar-refractivity contribution < 1.29 is 14.7 Å². The fraction of sp³-hybridized carbons (Fsp3) is 0.231. The van der Waals surface area contributed by atoms with Gasteiger partial charge in [-0.1, -0.05) is 12.2 Å². The molecule has 0 aromatic heterocycles. The second-order valence-corrected chi connectivity index (χ2v) is 3.50. The SMILES string of the molecule is C/C=C/CCNC(=O)c1ccc(C(=O)O)cc1. The Morgan fingerprint density at radius 2 is 1.82 bits per heavy atom. The Labute approximate surface area is 100.0 Å². The highest BCUT2D eigenvalue weighted by Gasteiger charge is 2.06. The van der Waals surface area contributed by atoms with Crippen LogP contribution in [0.15, 0.2) is 36.4 Å². The molecule has 0 heterocycles. The van der Waals surface area contributed by atoms with E-state index in [1.807, 2.05) is 19.1 Å². The van der Waals surface area contributed by atoms with Crippen molar-refractivity contribution in [3.8, 4) is 0 Å². The van der Waals surface area contributed by atoms with Crippen LogP contribution in [-0.2, 0) is 0 Å². The number of carbonyl (C=O) groups excluding carboxylic acids is 1. The first-order valence-corrected chi connectivity index (χ1v) is 5.38. The molecule has 1 amide bonds. The van der Waals surface area contributed by atoms with Gasteiger partial charge in [-0.3, -0.25) is 4.79 Å². The summed E-state index contributed by atoms with van der Waals surface area (Å²) in [6.45, 7) is 2.50. The normalized spacial score (nSPS) is 10.4. The fourth-order valence-electron chi connectivity index (χ4n) is 1.30. The average Bonchev–Trinajstić information content (AvgIpc) is 2.34. The molecule has 0 saturated heterocycles. The fourth-order valence-corrected chi connectivity index (χ4v) is 1.30. The summed E-state index contributed by atoms with van der Waals surface area (Å²) >= 11 is 0. The Balaban J connectivity index is 2.54. The maximum atomic E-state index is 11.6. The highest BCUT2D eigenvalue weighted by atomic mass is 16.4. The third-order valence-electron chi connectivity index (χ3n) is 2.23. The van der Waals surface area contributed by atoms with Crippen LogP contribution in [0.5, 0.6) is 0 Å². The molecule has 1 rings (SSSR count). The summed E-state index contributed by atoms with van der Waals surface area (Å²) in [5.41, 5.74) is 0.644. The van der Waals surface area contributed by atoms with Crippen molar-refractivity contribution in [1.29, 1.82) is 0 Å². The predicted molar refractivity (Wildman–Crippen MR) is 65.2 cm³/mol. The molecule has 0 bridgehead atoms. The number of amides is 1. The lowest BCUT2D eigenvalue weighted by atomic mass is 10.1. The van der Waals surface area contributed by atoms with E-state index in [2.05, 4.69) is 5.32 Å². The summed E-state index contributed by atoms with van der Waals surface area (Å²) < 4.78 is 0. The van der Waals surface area contributed by atoms with Crippen LogP contribution in [0.25, 0.3) is 0 Å². The number of hydrogen-bond acceptors (Lipinski definition) is 2. The van der Waals surface area contributed by atoms with Crippen molar-refractivity contribution in [1.82, 2.24) is 5.32 Å². The Hall–Kier alpha value is -2.10. The van der Waals surface area contributed by atoms with E-state index in [9.17, 15) is 9.59 Å². The van der Waals surface area contributed by atoms with Gasteiger partial charge >= 0.3 is 5.97 Å². The Morgan fingerprint density at radius 1 is 1.24 bits per heavy atom. The molecular weight excluding hydrogens is 218 g/mol. The highest BCUT2D eigenvalue weighted by molar-refractivity contribution is 5.95. The van der Waals surface area contributed by atoms with Crippen LogP contribution in [0.2, 0.25) is 0 Å². The van der Waals surface area contributed by atoms with Crippen LogP contribution in [0.1, 0.15) is 34.1 Å². The van der Waals surface area contributed by atoms with Crippen LogP contribution < -0.4 is 5.32 Å². The van der Waals surface area contributed by atoms with Crippen LogP contribution in [0.3, 0.4) is 0 Å². The second-order valence-electron chi connectivity index (χ2n) is 3.50. The number of hydrogen-bond donors (Lipinski definition) is 2. The summed E-state index contributed by atoms with van der Waals surface area (Å²) in [6, 6.07) is 5.86.